The quantitative estimate of drug-likeness (QED) is 0.760. The highest BCUT2D eigenvalue weighted by Gasteiger charge is 2.45. The zero-order chi connectivity index (χ0) is 11.8. The largest absolute Gasteiger partial charge is 0.338 e. The highest BCUT2D eigenvalue weighted by atomic mass is 16.2. The molecule has 4 nitrogen and oxygen atoms in total. The topological polar surface area (TPSA) is 35.6 Å². The normalized spacial score (nSPS) is 28.9. The van der Waals surface area contributed by atoms with Gasteiger partial charge in [0.25, 0.3) is 0 Å². The monoisotopic (exact) mass is 225 g/mol. The molecule has 0 aromatic carbocycles. The van der Waals surface area contributed by atoms with E-state index in [1.807, 2.05) is 4.90 Å². The summed E-state index contributed by atoms with van der Waals surface area (Å²) in [7, 11) is 2.10. The lowest BCUT2D eigenvalue weighted by molar-refractivity contribution is 0.154. The summed E-state index contributed by atoms with van der Waals surface area (Å²) in [4.78, 5) is 16.0. The fraction of sp³-hybridized carbons (Fsp3) is 0.917. The molecule has 1 saturated carbocycles. The van der Waals surface area contributed by atoms with Gasteiger partial charge in [0.05, 0.1) is 0 Å². The number of nitrogens with one attached hydrogen (secondary N) is 1. The highest BCUT2D eigenvalue weighted by molar-refractivity contribution is 5.74. The smallest absolute Gasteiger partial charge is 0.317 e. The van der Waals surface area contributed by atoms with Gasteiger partial charge in [-0.15, -0.1) is 0 Å². The first-order valence-electron chi connectivity index (χ1n) is 6.20. The lowest BCUT2D eigenvalue weighted by atomic mass is 10.1. The van der Waals surface area contributed by atoms with Crippen LogP contribution in [0.25, 0.3) is 0 Å². The maximum absolute atomic E-state index is 11.8. The fourth-order valence-corrected chi connectivity index (χ4v) is 2.26. The summed E-state index contributed by atoms with van der Waals surface area (Å²) in [5.41, 5.74) is 0.454. The molecular weight excluding hydrogens is 202 g/mol. The van der Waals surface area contributed by atoms with Crippen LogP contribution in [-0.4, -0.2) is 55.6 Å². The summed E-state index contributed by atoms with van der Waals surface area (Å²) in [6.07, 6.45) is 1.25. The third-order valence-electron chi connectivity index (χ3n) is 4.01. The molecule has 1 aliphatic carbocycles. The van der Waals surface area contributed by atoms with Crippen molar-refractivity contribution in [3.63, 3.8) is 0 Å². The summed E-state index contributed by atoms with van der Waals surface area (Å²) >= 11 is 0. The second-order valence-corrected chi connectivity index (χ2v) is 5.87. The van der Waals surface area contributed by atoms with Crippen LogP contribution >= 0.6 is 0 Å². The summed E-state index contributed by atoms with van der Waals surface area (Å²) < 4.78 is 0. The number of rotatable bonds is 2. The number of amides is 2. The zero-order valence-electron chi connectivity index (χ0n) is 10.6. The van der Waals surface area contributed by atoms with Crippen LogP contribution in [0.15, 0.2) is 0 Å². The lowest BCUT2D eigenvalue weighted by Gasteiger charge is -2.32. The minimum absolute atomic E-state index is 0.121. The first kappa shape index (κ1) is 11.7. The van der Waals surface area contributed by atoms with Crippen LogP contribution in [0.4, 0.5) is 4.79 Å². The predicted octanol–water partition coefficient (Wildman–Crippen LogP) is 0.989. The molecule has 1 unspecified atom stereocenters. The molecule has 0 aromatic rings. The van der Waals surface area contributed by atoms with Gasteiger partial charge in [-0.3, -0.25) is 0 Å². The Bertz CT molecular complexity index is 269. The van der Waals surface area contributed by atoms with E-state index in [0.717, 1.165) is 32.7 Å². The van der Waals surface area contributed by atoms with E-state index in [4.69, 9.17) is 0 Å². The van der Waals surface area contributed by atoms with Gasteiger partial charge in [0.15, 0.2) is 0 Å². The number of hydrogen-bond donors (Lipinski definition) is 1. The van der Waals surface area contributed by atoms with Crippen LogP contribution in [-0.2, 0) is 0 Å². The van der Waals surface area contributed by atoms with Crippen molar-refractivity contribution in [2.45, 2.75) is 20.3 Å². The SMILES string of the molecule is CN1CCN(C(=O)NCC2CC2(C)C)CC1. The summed E-state index contributed by atoms with van der Waals surface area (Å²) in [6.45, 7) is 9.06. The van der Waals surface area contributed by atoms with Gasteiger partial charge in [0.1, 0.15) is 0 Å². The van der Waals surface area contributed by atoms with Gasteiger partial charge in [-0.05, 0) is 24.8 Å². The molecule has 4 heteroatoms. The predicted molar refractivity (Wildman–Crippen MR) is 64.4 cm³/mol. The van der Waals surface area contributed by atoms with Crippen LogP contribution in [0.2, 0.25) is 0 Å². The molecule has 2 aliphatic rings. The number of piperazine rings is 1. The molecule has 0 bridgehead atoms. The second kappa shape index (κ2) is 4.24. The van der Waals surface area contributed by atoms with E-state index in [1.54, 1.807) is 0 Å². The Kier molecular flexibility index (Phi) is 3.10. The maximum atomic E-state index is 11.8. The van der Waals surface area contributed by atoms with E-state index in [9.17, 15) is 4.79 Å². The van der Waals surface area contributed by atoms with Gasteiger partial charge in [0, 0.05) is 32.7 Å². The van der Waals surface area contributed by atoms with E-state index in [2.05, 4.69) is 31.1 Å². The Balaban J connectivity index is 1.68. The van der Waals surface area contributed by atoms with E-state index in [0.29, 0.717) is 11.3 Å². The van der Waals surface area contributed by atoms with Crippen LogP contribution in [0, 0.1) is 11.3 Å². The molecular formula is C12H23N3O. The molecule has 2 fully saturated rings. The van der Waals surface area contributed by atoms with Crippen molar-refractivity contribution < 1.29 is 4.79 Å². The van der Waals surface area contributed by atoms with Gasteiger partial charge >= 0.3 is 6.03 Å². The lowest BCUT2D eigenvalue weighted by Crippen LogP contribution is -2.51. The summed E-state index contributed by atoms with van der Waals surface area (Å²) in [5, 5.41) is 3.05. The Morgan fingerprint density at radius 3 is 2.38 bits per heavy atom. The minimum Gasteiger partial charge on any atom is -0.338 e. The van der Waals surface area contributed by atoms with Crippen LogP contribution in [0.3, 0.4) is 0 Å². The molecule has 2 rings (SSSR count). The van der Waals surface area contributed by atoms with Crippen molar-refractivity contribution in [1.29, 1.82) is 0 Å². The first-order chi connectivity index (χ1) is 7.49. The number of carbonyl (C=O) groups excluding carboxylic acids is 1. The number of urea groups is 1. The van der Waals surface area contributed by atoms with E-state index < -0.39 is 0 Å². The molecule has 0 aromatic heterocycles. The Morgan fingerprint density at radius 2 is 1.88 bits per heavy atom. The number of hydrogen-bond acceptors (Lipinski definition) is 2. The summed E-state index contributed by atoms with van der Waals surface area (Å²) in [6, 6.07) is 0.121. The average molecular weight is 225 g/mol. The Hall–Kier alpha value is -0.770. The molecule has 1 saturated heterocycles. The molecule has 1 aliphatic heterocycles. The van der Waals surface area contributed by atoms with Gasteiger partial charge < -0.3 is 15.1 Å². The molecule has 0 spiro atoms. The number of likely N-dealkylation sites (N-methyl/N-ethyl adjacent to an activating group) is 1. The van der Waals surface area contributed by atoms with Crippen LogP contribution in [0.5, 0.6) is 0 Å². The second-order valence-electron chi connectivity index (χ2n) is 5.87. The molecule has 16 heavy (non-hydrogen) atoms. The molecule has 0 radical (unpaired) electrons. The van der Waals surface area contributed by atoms with Crippen LogP contribution in [0.1, 0.15) is 20.3 Å². The average Bonchev–Trinajstić information content (AvgIpc) is 2.84. The van der Waals surface area contributed by atoms with Crippen molar-refractivity contribution in [2.24, 2.45) is 11.3 Å². The molecule has 2 amide bonds. The van der Waals surface area contributed by atoms with E-state index >= 15 is 0 Å². The van der Waals surface area contributed by atoms with Crippen molar-refractivity contribution in [3.8, 4) is 0 Å². The highest BCUT2D eigenvalue weighted by Crippen LogP contribution is 2.50. The molecule has 92 valence electrons. The van der Waals surface area contributed by atoms with Crippen molar-refractivity contribution in [1.82, 2.24) is 15.1 Å². The van der Waals surface area contributed by atoms with Crippen molar-refractivity contribution in [3.05, 3.63) is 0 Å². The summed E-state index contributed by atoms with van der Waals surface area (Å²) in [5.74, 6) is 0.684. The fourth-order valence-electron chi connectivity index (χ4n) is 2.26. The van der Waals surface area contributed by atoms with Crippen molar-refractivity contribution >= 4 is 6.03 Å². The van der Waals surface area contributed by atoms with Gasteiger partial charge in [-0.1, -0.05) is 13.8 Å². The zero-order valence-corrected chi connectivity index (χ0v) is 10.6. The van der Waals surface area contributed by atoms with Crippen LogP contribution < -0.4 is 5.32 Å². The minimum atomic E-state index is 0.121. The van der Waals surface area contributed by atoms with E-state index in [-0.39, 0.29) is 6.03 Å². The number of nitrogens with zero attached hydrogens (tertiary/aromatic N) is 2. The number of carbonyl (C=O) groups is 1. The van der Waals surface area contributed by atoms with Crippen molar-refractivity contribution in [2.75, 3.05) is 39.8 Å². The third-order valence-corrected chi connectivity index (χ3v) is 4.01. The van der Waals surface area contributed by atoms with E-state index in [1.165, 1.54) is 6.42 Å². The van der Waals surface area contributed by atoms with Gasteiger partial charge in [-0.2, -0.15) is 0 Å². The molecule has 1 N–H and O–H groups in total. The maximum Gasteiger partial charge on any atom is 0.317 e. The molecule has 1 heterocycles. The first-order valence-corrected chi connectivity index (χ1v) is 6.20. The Labute approximate surface area is 98.0 Å². The van der Waals surface area contributed by atoms with Gasteiger partial charge in [0.2, 0.25) is 0 Å². The third kappa shape index (κ3) is 2.67. The standard InChI is InChI=1S/C12H23N3O/c1-12(2)8-10(12)9-13-11(16)15-6-4-14(3)5-7-15/h10H,4-9H2,1-3H3,(H,13,16). The van der Waals surface area contributed by atoms with Gasteiger partial charge in [-0.25, -0.2) is 4.79 Å². The Morgan fingerprint density at radius 1 is 1.31 bits per heavy atom. The molecule has 1 atom stereocenters.